The number of likely N-dealkylation sites (N-methyl/N-ethyl adjacent to an activating group) is 1. The first kappa shape index (κ1) is 21.0. The first-order valence-electron chi connectivity index (χ1n) is 9.19. The number of carbonyl (C=O) groups excluding carboxylic acids is 2. The van der Waals surface area contributed by atoms with E-state index < -0.39 is 6.04 Å². The second kappa shape index (κ2) is 9.56. The molecule has 0 aliphatic rings. The smallest absolute Gasteiger partial charge is 0.242 e. The molecule has 1 unspecified atom stereocenters. The maximum Gasteiger partial charge on any atom is 0.242 e. The van der Waals surface area contributed by atoms with Gasteiger partial charge >= 0.3 is 0 Å². The normalized spacial score (nSPS) is 11.7. The van der Waals surface area contributed by atoms with E-state index in [1.807, 2.05) is 51.1 Å². The molecule has 0 spiro atoms. The number of benzene rings is 2. The molecule has 0 radical (unpaired) electrons. The van der Waals surface area contributed by atoms with E-state index in [4.69, 9.17) is 11.6 Å². The van der Waals surface area contributed by atoms with Crippen LogP contribution in [-0.4, -0.2) is 29.3 Å². The predicted octanol–water partition coefficient (Wildman–Crippen LogP) is 4.05. The third-order valence-corrected chi connectivity index (χ3v) is 4.82. The first-order valence-corrected chi connectivity index (χ1v) is 9.57. The Kier molecular flexibility index (Phi) is 7.43. The fraction of sp³-hybridized carbons (Fsp3) is 0.364. The Hall–Kier alpha value is -2.33. The highest BCUT2D eigenvalue weighted by Crippen LogP contribution is 2.20. The summed E-state index contributed by atoms with van der Waals surface area (Å²) >= 11 is 6.28. The summed E-state index contributed by atoms with van der Waals surface area (Å²) in [5.74, 6) is -0.267. The Morgan fingerprint density at radius 1 is 1.11 bits per heavy atom. The number of nitrogens with one attached hydrogen (secondary N) is 1. The topological polar surface area (TPSA) is 49.4 Å². The van der Waals surface area contributed by atoms with Gasteiger partial charge in [-0.1, -0.05) is 59.1 Å². The molecule has 0 aliphatic heterocycles. The highest BCUT2D eigenvalue weighted by Gasteiger charge is 2.26. The van der Waals surface area contributed by atoms with Crippen LogP contribution in [0.5, 0.6) is 0 Å². The summed E-state index contributed by atoms with van der Waals surface area (Å²) in [5.41, 5.74) is 4.01. The number of hydrogen-bond donors (Lipinski definition) is 1. The van der Waals surface area contributed by atoms with Gasteiger partial charge in [-0.25, -0.2) is 0 Å². The SMILES string of the molecule is CCNC(=O)C(C)N(Cc1ccccc1Cl)C(=O)Cc1cc(C)cc(C)c1. The van der Waals surface area contributed by atoms with Crippen LogP contribution in [0.2, 0.25) is 5.02 Å². The molecule has 4 nitrogen and oxygen atoms in total. The lowest BCUT2D eigenvalue weighted by Crippen LogP contribution is -2.48. The van der Waals surface area contributed by atoms with E-state index in [-0.39, 0.29) is 18.2 Å². The van der Waals surface area contributed by atoms with Crippen molar-refractivity contribution < 1.29 is 9.59 Å². The lowest BCUT2D eigenvalue weighted by molar-refractivity contribution is -0.140. The van der Waals surface area contributed by atoms with Crippen molar-refractivity contribution in [2.75, 3.05) is 6.54 Å². The minimum Gasteiger partial charge on any atom is -0.355 e. The van der Waals surface area contributed by atoms with E-state index in [1.54, 1.807) is 17.9 Å². The van der Waals surface area contributed by atoms with E-state index >= 15 is 0 Å². The first-order chi connectivity index (χ1) is 12.8. The van der Waals surface area contributed by atoms with Gasteiger partial charge in [-0.2, -0.15) is 0 Å². The van der Waals surface area contributed by atoms with E-state index in [0.29, 0.717) is 18.1 Å². The van der Waals surface area contributed by atoms with Crippen LogP contribution in [0.25, 0.3) is 0 Å². The molecule has 0 heterocycles. The van der Waals surface area contributed by atoms with E-state index in [0.717, 1.165) is 22.3 Å². The summed E-state index contributed by atoms with van der Waals surface area (Å²) in [6, 6.07) is 12.9. The summed E-state index contributed by atoms with van der Waals surface area (Å²) in [6.45, 7) is 8.46. The number of carbonyl (C=O) groups is 2. The van der Waals surface area contributed by atoms with Crippen molar-refractivity contribution >= 4 is 23.4 Å². The number of aryl methyl sites for hydroxylation is 2. The summed E-state index contributed by atoms with van der Waals surface area (Å²) in [5, 5.41) is 3.39. The zero-order chi connectivity index (χ0) is 20.0. The van der Waals surface area contributed by atoms with Gasteiger partial charge in [-0.15, -0.1) is 0 Å². The van der Waals surface area contributed by atoms with Crippen LogP contribution < -0.4 is 5.32 Å². The average molecular weight is 387 g/mol. The fourth-order valence-corrected chi connectivity index (χ4v) is 3.36. The average Bonchev–Trinajstić information content (AvgIpc) is 2.59. The van der Waals surface area contributed by atoms with Gasteiger partial charge in [0.2, 0.25) is 11.8 Å². The molecular weight excluding hydrogens is 360 g/mol. The molecular formula is C22H27ClN2O2. The molecule has 27 heavy (non-hydrogen) atoms. The zero-order valence-corrected chi connectivity index (χ0v) is 17.1. The molecule has 1 N–H and O–H groups in total. The van der Waals surface area contributed by atoms with Crippen LogP contribution in [0.3, 0.4) is 0 Å². The summed E-state index contributed by atoms with van der Waals surface area (Å²) < 4.78 is 0. The number of amides is 2. The van der Waals surface area contributed by atoms with Crippen molar-refractivity contribution in [3.05, 3.63) is 69.7 Å². The van der Waals surface area contributed by atoms with E-state index in [2.05, 4.69) is 11.4 Å². The van der Waals surface area contributed by atoms with Crippen LogP contribution in [0.4, 0.5) is 0 Å². The molecule has 2 aromatic carbocycles. The second-order valence-electron chi connectivity index (χ2n) is 6.86. The molecule has 1 atom stereocenters. The zero-order valence-electron chi connectivity index (χ0n) is 16.4. The molecule has 2 rings (SSSR count). The molecule has 0 aliphatic carbocycles. The van der Waals surface area contributed by atoms with Crippen LogP contribution in [0.1, 0.15) is 36.1 Å². The molecule has 0 aromatic heterocycles. The fourth-order valence-electron chi connectivity index (χ4n) is 3.16. The Morgan fingerprint density at radius 2 is 1.74 bits per heavy atom. The Morgan fingerprint density at radius 3 is 2.33 bits per heavy atom. The summed E-state index contributed by atoms with van der Waals surface area (Å²) in [7, 11) is 0. The maximum absolute atomic E-state index is 13.1. The minimum absolute atomic E-state index is 0.0985. The molecule has 0 saturated carbocycles. The van der Waals surface area contributed by atoms with Gasteiger partial charge in [0, 0.05) is 18.1 Å². The Labute approximate surface area is 166 Å². The van der Waals surface area contributed by atoms with Gasteiger partial charge < -0.3 is 10.2 Å². The maximum atomic E-state index is 13.1. The van der Waals surface area contributed by atoms with Crippen LogP contribution >= 0.6 is 11.6 Å². The van der Waals surface area contributed by atoms with Crippen molar-refractivity contribution in [3.8, 4) is 0 Å². The molecule has 0 bridgehead atoms. The third kappa shape index (κ3) is 5.83. The van der Waals surface area contributed by atoms with Crippen molar-refractivity contribution in [1.29, 1.82) is 0 Å². The lowest BCUT2D eigenvalue weighted by Gasteiger charge is -2.29. The monoisotopic (exact) mass is 386 g/mol. The number of hydrogen-bond acceptors (Lipinski definition) is 2. The molecule has 2 aromatic rings. The molecule has 0 fully saturated rings. The predicted molar refractivity (Wildman–Crippen MR) is 110 cm³/mol. The van der Waals surface area contributed by atoms with Gasteiger partial charge in [-0.05, 0) is 44.9 Å². The second-order valence-corrected chi connectivity index (χ2v) is 7.26. The van der Waals surface area contributed by atoms with Gasteiger partial charge in [0.1, 0.15) is 6.04 Å². The molecule has 2 amide bonds. The van der Waals surface area contributed by atoms with Crippen LogP contribution in [0, 0.1) is 13.8 Å². The number of nitrogens with zero attached hydrogens (tertiary/aromatic N) is 1. The standard InChI is InChI=1S/C22H27ClN2O2/c1-5-24-22(27)17(4)25(14-19-8-6-7-9-20(19)23)21(26)13-18-11-15(2)10-16(3)12-18/h6-12,17H,5,13-14H2,1-4H3,(H,24,27). The Bertz CT molecular complexity index is 799. The van der Waals surface area contributed by atoms with E-state index in [9.17, 15) is 9.59 Å². The van der Waals surface area contributed by atoms with Crippen molar-refractivity contribution in [3.63, 3.8) is 0 Å². The third-order valence-electron chi connectivity index (χ3n) is 4.45. The summed E-state index contributed by atoms with van der Waals surface area (Å²) in [6.07, 6.45) is 0.247. The van der Waals surface area contributed by atoms with Gasteiger partial charge in [0.05, 0.1) is 6.42 Å². The van der Waals surface area contributed by atoms with Gasteiger partial charge in [-0.3, -0.25) is 9.59 Å². The van der Waals surface area contributed by atoms with Crippen molar-refractivity contribution in [1.82, 2.24) is 10.2 Å². The van der Waals surface area contributed by atoms with Gasteiger partial charge in [0.25, 0.3) is 0 Å². The minimum atomic E-state index is -0.584. The molecule has 144 valence electrons. The van der Waals surface area contributed by atoms with Crippen LogP contribution in [-0.2, 0) is 22.6 Å². The largest absolute Gasteiger partial charge is 0.355 e. The quantitative estimate of drug-likeness (QED) is 0.780. The number of halogens is 1. The highest BCUT2D eigenvalue weighted by atomic mass is 35.5. The van der Waals surface area contributed by atoms with Crippen LogP contribution in [0.15, 0.2) is 42.5 Å². The highest BCUT2D eigenvalue weighted by molar-refractivity contribution is 6.31. The molecule has 5 heteroatoms. The van der Waals surface area contributed by atoms with Crippen molar-refractivity contribution in [2.24, 2.45) is 0 Å². The Balaban J connectivity index is 2.28. The number of rotatable bonds is 7. The van der Waals surface area contributed by atoms with Crippen molar-refractivity contribution in [2.45, 2.75) is 46.7 Å². The van der Waals surface area contributed by atoms with E-state index in [1.165, 1.54) is 0 Å². The van der Waals surface area contributed by atoms with Gasteiger partial charge in [0.15, 0.2) is 0 Å². The lowest BCUT2D eigenvalue weighted by atomic mass is 10.0. The molecule has 0 saturated heterocycles. The summed E-state index contributed by atoms with van der Waals surface area (Å²) in [4.78, 5) is 27.1.